The lowest BCUT2D eigenvalue weighted by atomic mass is 10.2. The van der Waals surface area contributed by atoms with E-state index in [9.17, 15) is 0 Å². The molecule has 0 saturated carbocycles. The average molecular weight is 290 g/mol. The third-order valence-electron chi connectivity index (χ3n) is 2.86. The number of hydrogen-bond acceptors (Lipinski definition) is 4. The number of ether oxygens (including phenoxy) is 1. The van der Waals surface area contributed by atoms with Crippen LogP contribution in [-0.2, 0) is 18.0 Å². The summed E-state index contributed by atoms with van der Waals surface area (Å²) in [6.07, 6.45) is 0.766. The zero-order chi connectivity index (χ0) is 14.9. The molecule has 4 nitrogen and oxygen atoms in total. The van der Waals surface area contributed by atoms with Crippen molar-refractivity contribution in [2.45, 2.75) is 59.8 Å². The van der Waals surface area contributed by atoms with Crippen molar-refractivity contribution in [1.82, 2.24) is 0 Å². The van der Waals surface area contributed by atoms with Crippen LogP contribution in [0.5, 0.6) is 0 Å². The van der Waals surface area contributed by atoms with Gasteiger partial charge in [0.2, 0.25) is 0 Å². The Labute approximate surface area is 119 Å². The third kappa shape index (κ3) is 5.75. The zero-order valence-corrected chi connectivity index (χ0v) is 14.3. The molecule has 19 heavy (non-hydrogen) atoms. The van der Waals surface area contributed by atoms with E-state index in [1.165, 1.54) is 0 Å². The molecule has 0 saturated heterocycles. The van der Waals surface area contributed by atoms with Crippen LogP contribution in [0.1, 0.15) is 48.0 Å². The molecule has 5 heteroatoms. The van der Waals surface area contributed by atoms with E-state index in [0.717, 1.165) is 12.0 Å². The highest BCUT2D eigenvalue weighted by Crippen LogP contribution is 2.23. The summed E-state index contributed by atoms with van der Waals surface area (Å²) in [7, 11) is -2.80. The molecule has 0 aliphatic carbocycles. The van der Waals surface area contributed by atoms with Gasteiger partial charge < -0.3 is 18.0 Å². The fourth-order valence-electron chi connectivity index (χ4n) is 1.80. The lowest BCUT2D eigenvalue weighted by Gasteiger charge is -2.36. The molecule has 0 fully saturated rings. The van der Waals surface area contributed by atoms with Crippen LogP contribution in [0.4, 0.5) is 0 Å². The number of hydrogen-bond donors (Lipinski definition) is 0. The Balaban J connectivity index is 5.07. The van der Waals surface area contributed by atoms with E-state index >= 15 is 0 Å². The maximum absolute atomic E-state index is 6.07. The fraction of sp³-hybridized carbons (Fsp3) is 0.857. The van der Waals surface area contributed by atoms with Gasteiger partial charge in [-0.3, -0.25) is 0 Å². The molecule has 0 spiro atoms. The summed E-state index contributed by atoms with van der Waals surface area (Å²) >= 11 is 0. The molecule has 0 aromatic rings. The smallest absolute Gasteiger partial charge is 0.372 e. The summed E-state index contributed by atoms with van der Waals surface area (Å²) < 4.78 is 23.7. The fourth-order valence-corrected chi connectivity index (χ4v) is 4.69. The van der Waals surface area contributed by atoms with Gasteiger partial charge in [-0.15, -0.1) is 0 Å². The normalized spacial score (nSPS) is 15.3. The first-order valence-electron chi connectivity index (χ1n) is 7.19. The topological polar surface area (TPSA) is 36.9 Å². The minimum atomic E-state index is -2.80. The van der Waals surface area contributed by atoms with Gasteiger partial charge in [0.25, 0.3) is 0 Å². The SMILES string of the molecule is C=C(C)C(C)OC(CC)[Si](OCC)(OCC)OCC. The molecule has 0 aromatic carbocycles. The second kappa shape index (κ2) is 9.66. The van der Waals surface area contributed by atoms with Crippen LogP contribution in [0, 0.1) is 0 Å². The van der Waals surface area contributed by atoms with Gasteiger partial charge in [0, 0.05) is 19.8 Å². The molecule has 0 bridgehead atoms. The maximum atomic E-state index is 6.07. The van der Waals surface area contributed by atoms with Crippen LogP contribution in [0.3, 0.4) is 0 Å². The lowest BCUT2D eigenvalue weighted by molar-refractivity contribution is -0.0277. The molecule has 0 rings (SSSR count). The molecular weight excluding hydrogens is 260 g/mol. The van der Waals surface area contributed by atoms with Gasteiger partial charge >= 0.3 is 8.80 Å². The van der Waals surface area contributed by atoms with E-state index in [-0.39, 0.29) is 11.8 Å². The molecule has 0 aromatic heterocycles. The van der Waals surface area contributed by atoms with Gasteiger partial charge in [0.15, 0.2) is 0 Å². The van der Waals surface area contributed by atoms with Crippen LogP contribution in [0.2, 0.25) is 0 Å². The van der Waals surface area contributed by atoms with Crippen molar-refractivity contribution in [2.75, 3.05) is 19.8 Å². The molecule has 114 valence electrons. The Morgan fingerprint density at radius 2 is 1.42 bits per heavy atom. The van der Waals surface area contributed by atoms with Crippen LogP contribution in [0.15, 0.2) is 12.2 Å². The van der Waals surface area contributed by atoms with Crippen molar-refractivity contribution < 1.29 is 18.0 Å². The van der Waals surface area contributed by atoms with E-state index in [2.05, 4.69) is 13.5 Å². The highest BCUT2D eigenvalue weighted by molar-refractivity contribution is 6.62. The van der Waals surface area contributed by atoms with E-state index in [4.69, 9.17) is 18.0 Å². The van der Waals surface area contributed by atoms with Gasteiger partial charge in [0.05, 0.1) is 6.10 Å². The molecule has 0 aliphatic heterocycles. The molecule has 0 radical (unpaired) electrons. The summed E-state index contributed by atoms with van der Waals surface area (Å²) in [6.45, 7) is 17.5. The van der Waals surface area contributed by atoms with Crippen molar-refractivity contribution in [1.29, 1.82) is 0 Å². The van der Waals surface area contributed by atoms with Crippen molar-refractivity contribution >= 4 is 8.80 Å². The zero-order valence-electron chi connectivity index (χ0n) is 13.3. The first kappa shape index (κ1) is 18.8. The highest BCUT2D eigenvalue weighted by atomic mass is 28.4. The molecule has 0 heterocycles. The standard InChI is InChI=1S/C14H30O4Si/c1-8-14(18-13(7)12(5)6)19(15-9-2,16-10-3)17-11-4/h13-14H,5,8-11H2,1-4,6-7H3. The summed E-state index contributed by atoms with van der Waals surface area (Å²) in [5, 5.41) is 0. The first-order valence-corrected chi connectivity index (χ1v) is 9.00. The predicted octanol–water partition coefficient (Wildman–Crippen LogP) is 3.33. The molecule has 0 N–H and O–H groups in total. The van der Waals surface area contributed by atoms with Gasteiger partial charge in [-0.25, -0.2) is 0 Å². The highest BCUT2D eigenvalue weighted by Gasteiger charge is 2.50. The Morgan fingerprint density at radius 1 is 1.00 bits per heavy atom. The van der Waals surface area contributed by atoms with E-state index in [1.807, 2.05) is 34.6 Å². The molecular formula is C14H30O4Si. The van der Waals surface area contributed by atoms with E-state index in [0.29, 0.717) is 19.8 Å². The van der Waals surface area contributed by atoms with Crippen molar-refractivity contribution in [3.8, 4) is 0 Å². The molecule has 2 unspecified atom stereocenters. The van der Waals surface area contributed by atoms with Crippen LogP contribution >= 0.6 is 0 Å². The average Bonchev–Trinajstić information content (AvgIpc) is 2.36. The van der Waals surface area contributed by atoms with Gasteiger partial charge in [0.1, 0.15) is 5.73 Å². The second-order valence-corrected chi connectivity index (χ2v) is 7.14. The van der Waals surface area contributed by atoms with Crippen LogP contribution < -0.4 is 0 Å². The van der Waals surface area contributed by atoms with E-state index in [1.54, 1.807) is 0 Å². The lowest BCUT2D eigenvalue weighted by Crippen LogP contribution is -2.58. The van der Waals surface area contributed by atoms with Crippen LogP contribution in [0.25, 0.3) is 0 Å². The molecule has 0 amide bonds. The summed E-state index contributed by atoms with van der Waals surface area (Å²) in [6, 6.07) is 0. The van der Waals surface area contributed by atoms with Gasteiger partial charge in [-0.05, 0) is 41.0 Å². The largest absolute Gasteiger partial charge is 0.531 e. The van der Waals surface area contributed by atoms with Crippen LogP contribution in [-0.4, -0.2) is 40.5 Å². The quantitative estimate of drug-likeness (QED) is 0.432. The van der Waals surface area contributed by atoms with Crippen molar-refractivity contribution in [2.24, 2.45) is 0 Å². The minimum absolute atomic E-state index is 0.0295. The molecule has 0 aliphatic rings. The maximum Gasteiger partial charge on any atom is 0.531 e. The molecule has 2 atom stereocenters. The summed E-state index contributed by atoms with van der Waals surface area (Å²) in [5.74, 6) is 0. The predicted molar refractivity (Wildman–Crippen MR) is 80.1 cm³/mol. The summed E-state index contributed by atoms with van der Waals surface area (Å²) in [4.78, 5) is 0. The monoisotopic (exact) mass is 290 g/mol. The number of rotatable bonds is 11. The minimum Gasteiger partial charge on any atom is -0.372 e. The summed E-state index contributed by atoms with van der Waals surface area (Å²) in [5.41, 5.74) is 0.838. The first-order chi connectivity index (χ1) is 8.97. The van der Waals surface area contributed by atoms with Crippen molar-refractivity contribution in [3.05, 3.63) is 12.2 Å². The second-order valence-electron chi connectivity index (χ2n) is 4.42. The van der Waals surface area contributed by atoms with Gasteiger partial charge in [-0.1, -0.05) is 19.1 Å². The Morgan fingerprint density at radius 3 is 1.68 bits per heavy atom. The Bertz CT molecular complexity index is 241. The van der Waals surface area contributed by atoms with Gasteiger partial charge in [-0.2, -0.15) is 0 Å². The Kier molecular flexibility index (Phi) is 9.56. The van der Waals surface area contributed by atoms with E-state index < -0.39 is 8.80 Å². The van der Waals surface area contributed by atoms with Crippen molar-refractivity contribution in [3.63, 3.8) is 0 Å². The third-order valence-corrected chi connectivity index (χ3v) is 6.27. The Hall–Kier alpha value is -0.203.